The first-order valence-corrected chi connectivity index (χ1v) is 6.71. The van der Waals surface area contributed by atoms with Gasteiger partial charge in [-0.15, -0.1) is 0 Å². The number of hydrogen-bond acceptors (Lipinski definition) is 3. The van der Waals surface area contributed by atoms with Crippen molar-refractivity contribution in [2.24, 2.45) is 0 Å². The van der Waals surface area contributed by atoms with E-state index in [0.29, 0.717) is 12.1 Å². The third kappa shape index (κ3) is 1.93. The molecule has 1 saturated heterocycles. The van der Waals surface area contributed by atoms with E-state index in [4.69, 9.17) is 4.74 Å². The van der Waals surface area contributed by atoms with Gasteiger partial charge in [-0.1, -0.05) is 12.5 Å². The summed E-state index contributed by atoms with van der Waals surface area (Å²) in [5.74, 6) is 0.895. The van der Waals surface area contributed by atoms with Crippen molar-refractivity contribution in [2.75, 3.05) is 14.2 Å². The quantitative estimate of drug-likeness (QED) is 0.800. The highest BCUT2D eigenvalue weighted by molar-refractivity contribution is 5.69. The highest BCUT2D eigenvalue weighted by Gasteiger charge is 2.32. The van der Waals surface area contributed by atoms with Gasteiger partial charge in [0.15, 0.2) is 0 Å². The SMILES string of the molecule is COc1cccnc1C1=CC2CCCC(C1)N2C. The molecule has 2 aliphatic rings. The molecule has 1 fully saturated rings. The molecule has 0 N–H and O–H groups in total. The number of ether oxygens (including phenoxy) is 1. The van der Waals surface area contributed by atoms with Crippen molar-refractivity contribution in [1.82, 2.24) is 9.88 Å². The maximum absolute atomic E-state index is 5.43. The van der Waals surface area contributed by atoms with E-state index in [1.54, 1.807) is 7.11 Å². The van der Waals surface area contributed by atoms with E-state index in [-0.39, 0.29) is 0 Å². The summed E-state index contributed by atoms with van der Waals surface area (Å²) in [6, 6.07) is 5.19. The molecule has 96 valence electrons. The molecule has 2 atom stereocenters. The van der Waals surface area contributed by atoms with Gasteiger partial charge in [-0.3, -0.25) is 9.88 Å². The zero-order chi connectivity index (χ0) is 12.5. The van der Waals surface area contributed by atoms with Gasteiger partial charge >= 0.3 is 0 Å². The molecule has 0 aromatic carbocycles. The Morgan fingerprint density at radius 3 is 3.06 bits per heavy atom. The summed E-state index contributed by atoms with van der Waals surface area (Å²) < 4.78 is 5.43. The van der Waals surface area contributed by atoms with Crippen LogP contribution in [0.5, 0.6) is 5.75 Å². The highest BCUT2D eigenvalue weighted by atomic mass is 16.5. The number of methoxy groups -OCH3 is 1. The van der Waals surface area contributed by atoms with Crippen LogP contribution in [-0.4, -0.2) is 36.1 Å². The van der Waals surface area contributed by atoms with E-state index >= 15 is 0 Å². The Kier molecular flexibility index (Phi) is 3.08. The lowest BCUT2D eigenvalue weighted by atomic mass is 9.84. The predicted octanol–water partition coefficient (Wildman–Crippen LogP) is 2.73. The van der Waals surface area contributed by atoms with Crippen molar-refractivity contribution in [1.29, 1.82) is 0 Å². The minimum atomic E-state index is 0.583. The van der Waals surface area contributed by atoms with E-state index in [2.05, 4.69) is 23.0 Å². The van der Waals surface area contributed by atoms with Gasteiger partial charge in [-0.25, -0.2) is 0 Å². The molecule has 1 aromatic heterocycles. The molecule has 2 aliphatic heterocycles. The molecule has 0 saturated carbocycles. The second kappa shape index (κ2) is 4.73. The topological polar surface area (TPSA) is 25.4 Å². The fourth-order valence-electron chi connectivity index (χ4n) is 3.21. The zero-order valence-electron chi connectivity index (χ0n) is 11.1. The van der Waals surface area contributed by atoms with Crippen molar-refractivity contribution in [3.05, 3.63) is 30.1 Å². The maximum Gasteiger partial charge on any atom is 0.144 e. The Labute approximate surface area is 108 Å². The van der Waals surface area contributed by atoms with E-state index in [1.807, 2.05) is 18.3 Å². The third-order valence-corrected chi connectivity index (χ3v) is 4.28. The molecule has 3 heteroatoms. The summed E-state index contributed by atoms with van der Waals surface area (Å²) in [5, 5.41) is 0. The van der Waals surface area contributed by atoms with Crippen molar-refractivity contribution in [3.63, 3.8) is 0 Å². The Bertz CT molecular complexity index is 469. The molecule has 18 heavy (non-hydrogen) atoms. The van der Waals surface area contributed by atoms with Crippen molar-refractivity contribution in [3.8, 4) is 5.75 Å². The molecule has 2 bridgehead atoms. The molecule has 3 heterocycles. The number of hydrogen-bond donors (Lipinski definition) is 0. The van der Waals surface area contributed by atoms with Crippen LogP contribution in [0.1, 0.15) is 31.4 Å². The average Bonchev–Trinajstić information content (AvgIpc) is 2.38. The van der Waals surface area contributed by atoms with Gasteiger partial charge in [-0.05, 0) is 44.0 Å². The van der Waals surface area contributed by atoms with Crippen LogP contribution in [0.4, 0.5) is 0 Å². The lowest BCUT2D eigenvalue weighted by Gasteiger charge is -2.42. The summed E-state index contributed by atoms with van der Waals surface area (Å²) in [7, 11) is 3.97. The third-order valence-electron chi connectivity index (χ3n) is 4.28. The number of aromatic nitrogens is 1. The lowest BCUT2D eigenvalue weighted by molar-refractivity contribution is 0.137. The second-order valence-electron chi connectivity index (χ2n) is 5.27. The van der Waals surface area contributed by atoms with Crippen LogP contribution in [0.25, 0.3) is 5.57 Å². The fourth-order valence-corrected chi connectivity index (χ4v) is 3.21. The molecule has 0 spiro atoms. The average molecular weight is 244 g/mol. The Balaban J connectivity index is 1.97. The number of fused-ring (bicyclic) bond motifs is 2. The van der Waals surface area contributed by atoms with E-state index in [1.165, 1.54) is 24.8 Å². The largest absolute Gasteiger partial charge is 0.494 e. The summed E-state index contributed by atoms with van der Waals surface area (Å²) in [6.45, 7) is 0. The number of likely N-dealkylation sites (N-methyl/N-ethyl adjacent to an activating group) is 1. The fraction of sp³-hybridized carbons (Fsp3) is 0.533. The zero-order valence-corrected chi connectivity index (χ0v) is 11.1. The van der Waals surface area contributed by atoms with Gasteiger partial charge in [-0.2, -0.15) is 0 Å². The summed E-state index contributed by atoms with van der Waals surface area (Å²) in [5.41, 5.74) is 2.39. The van der Waals surface area contributed by atoms with Gasteiger partial charge in [0.1, 0.15) is 11.4 Å². The van der Waals surface area contributed by atoms with Crippen LogP contribution in [0.3, 0.4) is 0 Å². The smallest absolute Gasteiger partial charge is 0.144 e. The molecule has 0 radical (unpaired) electrons. The van der Waals surface area contributed by atoms with Crippen molar-refractivity contribution in [2.45, 2.75) is 37.8 Å². The van der Waals surface area contributed by atoms with Gasteiger partial charge in [0.05, 0.1) is 7.11 Å². The molecule has 3 rings (SSSR count). The molecule has 0 aliphatic carbocycles. The van der Waals surface area contributed by atoms with Crippen molar-refractivity contribution < 1.29 is 4.74 Å². The van der Waals surface area contributed by atoms with Crippen LogP contribution in [0.15, 0.2) is 24.4 Å². The highest BCUT2D eigenvalue weighted by Crippen LogP contribution is 2.37. The van der Waals surface area contributed by atoms with E-state index < -0.39 is 0 Å². The molecule has 3 nitrogen and oxygen atoms in total. The number of rotatable bonds is 2. The molecular weight excluding hydrogens is 224 g/mol. The van der Waals surface area contributed by atoms with Gasteiger partial charge in [0.25, 0.3) is 0 Å². The minimum Gasteiger partial charge on any atom is -0.494 e. The Morgan fingerprint density at radius 2 is 2.28 bits per heavy atom. The number of pyridine rings is 1. The maximum atomic E-state index is 5.43. The predicted molar refractivity (Wildman–Crippen MR) is 72.6 cm³/mol. The van der Waals surface area contributed by atoms with E-state index in [0.717, 1.165) is 17.9 Å². The number of nitrogens with zero attached hydrogens (tertiary/aromatic N) is 2. The number of piperidine rings is 1. The first kappa shape index (κ1) is 11.7. The van der Waals surface area contributed by atoms with Gasteiger partial charge < -0.3 is 4.74 Å². The second-order valence-corrected chi connectivity index (χ2v) is 5.27. The molecule has 1 aromatic rings. The molecular formula is C15H20N2O. The van der Waals surface area contributed by atoms with Crippen LogP contribution in [0.2, 0.25) is 0 Å². The Morgan fingerprint density at radius 1 is 1.39 bits per heavy atom. The summed E-state index contributed by atoms with van der Waals surface area (Å²) >= 11 is 0. The van der Waals surface area contributed by atoms with Crippen LogP contribution < -0.4 is 4.74 Å². The first-order chi connectivity index (χ1) is 8.79. The van der Waals surface area contributed by atoms with Crippen LogP contribution in [-0.2, 0) is 0 Å². The van der Waals surface area contributed by atoms with E-state index in [9.17, 15) is 0 Å². The van der Waals surface area contributed by atoms with Crippen molar-refractivity contribution >= 4 is 5.57 Å². The standard InChI is InChI=1S/C15H20N2O/c1-17-12-5-3-6-13(17)10-11(9-12)15-14(18-2)7-4-8-16-15/h4,7-9,12-13H,3,5-6,10H2,1-2H3. The van der Waals surface area contributed by atoms with Crippen LogP contribution in [0, 0.1) is 0 Å². The minimum absolute atomic E-state index is 0.583. The molecule has 0 amide bonds. The normalized spacial score (nSPS) is 27.8. The lowest BCUT2D eigenvalue weighted by Crippen LogP contribution is -2.45. The monoisotopic (exact) mass is 244 g/mol. The van der Waals surface area contributed by atoms with Gasteiger partial charge in [0, 0.05) is 18.3 Å². The van der Waals surface area contributed by atoms with Gasteiger partial charge in [0.2, 0.25) is 0 Å². The summed E-state index contributed by atoms with van der Waals surface area (Å²) in [4.78, 5) is 7.03. The summed E-state index contributed by atoms with van der Waals surface area (Å²) in [6.07, 6.45) is 9.27. The molecule has 2 unspecified atom stereocenters. The Hall–Kier alpha value is -1.35. The van der Waals surface area contributed by atoms with Crippen LogP contribution >= 0.6 is 0 Å². The first-order valence-electron chi connectivity index (χ1n) is 6.71.